The average Bonchev–Trinajstić information content (AvgIpc) is 2.64. The number of halogens is 1. The summed E-state index contributed by atoms with van der Waals surface area (Å²) >= 11 is 5.73. The van der Waals surface area contributed by atoms with Crippen molar-refractivity contribution in [3.8, 4) is 5.75 Å². The van der Waals surface area contributed by atoms with Gasteiger partial charge in [-0.2, -0.15) is 0 Å². The van der Waals surface area contributed by atoms with Crippen molar-refractivity contribution in [3.63, 3.8) is 0 Å². The summed E-state index contributed by atoms with van der Waals surface area (Å²) in [5.74, 6) is 4.42. The van der Waals surface area contributed by atoms with Crippen LogP contribution < -0.4 is 4.74 Å². The van der Waals surface area contributed by atoms with E-state index in [4.69, 9.17) is 16.3 Å². The van der Waals surface area contributed by atoms with E-state index in [9.17, 15) is 0 Å². The topological polar surface area (TPSA) is 9.23 Å². The van der Waals surface area contributed by atoms with Crippen molar-refractivity contribution in [2.45, 2.75) is 64.2 Å². The average molecular weight is 347 g/mol. The van der Waals surface area contributed by atoms with Crippen LogP contribution in [0.15, 0.2) is 35.9 Å². The van der Waals surface area contributed by atoms with Gasteiger partial charge in [0.1, 0.15) is 5.75 Å². The number of ether oxygens (including phenoxy) is 1. The van der Waals surface area contributed by atoms with Gasteiger partial charge in [0, 0.05) is 5.54 Å². The van der Waals surface area contributed by atoms with Gasteiger partial charge in [0.25, 0.3) is 0 Å². The molecule has 0 atom stereocenters. The second-order valence-electron chi connectivity index (χ2n) is 7.61. The van der Waals surface area contributed by atoms with E-state index in [-0.39, 0.29) is 0 Å². The van der Waals surface area contributed by atoms with Crippen LogP contribution in [0.5, 0.6) is 5.75 Å². The molecule has 2 aliphatic carbocycles. The predicted molar refractivity (Wildman–Crippen MR) is 103 cm³/mol. The second-order valence-corrected chi connectivity index (χ2v) is 7.86. The van der Waals surface area contributed by atoms with Gasteiger partial charge in [0.05, 0.1) is 6.61 Å². The molecule has 1 nitrogen and oxygen atoms in total. The van der Waals surface area contributed by atoms with E-state index >= 15 is 0 Å². The minimum Gasteiger partial charge on any atom is -0.494 e. The Balaban J connectivity index is 1.47. The van der Waals surface area contributed by atoms with Crippen LogP contribution in [0.2, 0.25) is 0 Å². The number of allylic oxidation sites excluding steroid dienone is 1. The fourth-order valence-corrected chi connectivity index (χ4v) is 5.04. The van der Waals surface area contributed by atoms with Crippen molar-refractivity contribution in [2.24, 2.45) is 17.8 Å². The quantitative estimate of drug-likeness (QED) is 0.562. The third-order valence-corrected chi connectivity index (χ3v) is 6.41. The van der Waals surface area contributed by atoms with E-state index in [2.05, 4.69) is 30.3 Å². The fraction of sp³-hybridized carbons (Fsp3) is 0.636. The highest BCUT2D eigenvalue weighted by Crippen LogP contribution is 2.44. The molecular formula is C22H31ClO. The van der Waals surface area contributed by atoms with Gasteiger partial charge < -0.3 is 4.74 Å². The van der Waals surface area contributed by atoms with E-state index in [1.165, 1.54) is 56.9 Å². The Kier molecular flexibility index (Phi) is 6.66. The molecule has 2 fully saturated rings. The zero-order valence-electron chi connectivity index (χ0n) is 14.9. The molecule has 0 heterocycles. The maximum atomic E-state index is 5.73. The summed E-state index contributed by atoms with van der Waals surface area (Å²) in [6.07, 6.45) is 13.2. The van der Waals surface area contributed by atoms with Crippen molar-refractivity contribution in [3.05, 3.63) is 41.4 Å². The normalized spacial score (nSPS) is 31.2. The Bertz CT molecular complexity index is 505. The van der Waals surface area contributed by atoms with Crippen molar-refractivity contribution < 1.29 is 4.74 Å². The van der Waals surface area contributed by atoms with Crippen molar-refractivity contribution in [1.29, 1.82) is 0 Å². The Morgan fingerprint density at radius 3 is 2.04 bits per heavy atom. The first-order valence-corrected chi connectivity index (χ1v) is 10.2. The molecular weight excluding hydrogens is 316 g/mol. The van der Waals surface area contributed by atoms with E-state index in [1.54, 1.807) is 5.54 Å². The molecule has 0 radical (unpaired) electrons. The van der Waals surface area contributed by atoms with Gasteiger partial charge in [-0.05, 0) is 99.7 Å². The molecule has 0 unspecified atom stereocenters. The number of benzene rings is 1. The minimum atomic E-state index is 0.735. The predicted octanol–water partition coefficient (Wildman–Crippen LogP) is 6.92. The molecule has 132 valence electrons. The van der Waals surface area contributed by atoms with Crippen LogP contribution in [0.1, 0.15) is 69.8 Å². The van der Waals surface area contributed by atoms with Gasteiger partial charge in [-0.15, -0.1) is 0 Å². The van der Waals surface area contributed by atoms with Gasteiger partial charge in [-0.25, -0.2) is 0 Å². The van der Waals surface area contributed by atoms with Crippen LogP contribution in [0.3, 0.4) is 0 Å². The Hall–Kier alpha value is -0.950. The minimum absolute atomic E-state index is 0.735. The Labute approximate surface area is 152 Å². The molecule has 2 heteroatoms. The first-order valence-electron chi connectivity index (χ1n) is 9.79. The summed E-state index contributed by atoms with van der Waals surface area (Å²) in [6, 6.07) is 8.83. The van der Waals surface area contributed by atoms with Gasteiger partial charge in [0.15, 0.2) is 0 Å². The second kappa shape index (κ2) is 8.94. The molecule has 2 aliphatic rings. The molecule has 0 spiro atoms. The zero-order chi connectivity index (χ0) is 16.8. The van der Waals surface area contributed by atoms with Crippen LogP contribution in [0, 0.1) is 17.8 Å². The van der Waals surface area contributed by atoms with E-state index in [0.29, 0.717) is 0 Å². The number of hydrogen-bond acceptors (Lipinski definition) is 1. The van der Waals surface area contributed by atoms with Crippen LogP contribution >= 0.6 is 11.6 Å². The molecule has 0 saturated heterocycles. The largest absolute Gasteiger partial charge is 0.494 e. The lowest BCUT2D eigenvalue weighted by Crippen LogP contribution is -2.25. The van der Waals surface area contributed by atoms with E-state index in [1.807, 2.05) is 6.92 Å². The summed E-state index contributed by atoms with van der Waals surface area (Å²) in [7, 11) is 0. The highest BCUT2D eigenvalue weighted by Gasteiger charge is 2.30. The van der Waals surface area contributed by atoms with Crippen LogP contribution in [0.4, 0.5) is 0 Å². The summed E-state index contributed by atoms with van der Waals surface area (Å²) in [5, 5.41) is 0. The molecule has 0 aliphatic heterocycles. The molecule has 1 aromatic carbocycles. The van der Waals surface area contributed by atoms with Crippen LogP contribution in [0.25, 0.3) is 0 Å². The lowest BCUT2D eigenvalue weighted by atomic mass is 9.68. The van der Waals surface area contributed by atoms with E-state index < -0.39 is 0 Å². The first-order chi connectivity index (χ1) is 11.8. The van der Waals surface area contributed by atoms with Crippen LogP contribution in [-0.2, 0) is 0 Å². The molecule has 0 N–H and O–H groups in total. The van der Waals surface area contributed by atoms with Crippen LogP contribution in [-0.4, -0.2) is 6.61 Å². The van der Waals surface area contributed by atoms with Gasteiger partial charge in [0.2, 0.25) is 0 Å². The highest BCUT2D eigenvalue weighted by molar-refractivity contribution is 6.25. The lowest BCUT2D eigenvalue weighted by Gasteiger charge is -2.37. The third-order valence-electron chi connectivity index (χ3n) is 6.26. The molecule has 24 heavy (non-hydrogen) atoms. The maximum absolute atomic E-state index is 5.73. The Morgan fingerprint density at radius 2 is 1.50 bits per heavy atom. The first kappa shape index (κ1) is 17.9. The summed E-state index contributed by atoms with van der Waals surface area (Å²) in [4.78, 5) is 0. The van der Waals surface area contributed by atoms with Crippen molar-refractivity contribution >= 4 is 11.6 Å². The Morgan fingerprint density at radius 1 is 0.917 bits per heavy atom. The van der Waals surface area contributed by atoms with E-state index in [0.717, 1.165) is 36.0 Å². The van der Waals surface area contributed by atoms with Gasteiger partial charge in [-0.1, -0.05) is 29.8 Å². The van der Waals surface area contributed by atoms with Crippen molar-refractivity contribution in [2.75, 3.05) is 6.61 Å². The summed E-state index contributed by atoms with van der Waals surface area (Å²) in [5.41, 5.74) is 3.22. The lowest BCUT2D eigenvalue weighted by molar-refractivity contribution is 0.171. The zero-order valence-corrected chi connectivity index (χ0v) is 15.7. The van der Waals surface area contributed by atoms with Gasteiger partial charge in [-0.3, -0.25) is 0 Å². The monoisotopic (exact) mass is 346 g/mol. The maximum Gasteiger partial charge on any atom is 0.119 e. The van der Waals surface area contributed by atoms with Gasteiger partial charge >= 0.3 is 0 Å². The molecule has 0 amide bonds. The summed E-state index contributed by atoms with van der Waals surface area (Å²) in [6.45, 7) is 2.78. The highest BCUT2D eigenvalue weighted by atomic mass is 35.5. The molecule has 3 rings (SSSR count). The standard InChI is InChI=1S/C22H31ClO/c1-2-24-22-13-11-21(12-14-22)20-9-7-19(8-10-20)18-5-3-17(4-6-18)15-16-23/h11-20H,2-10H2,1H3/b16-15+/t17-,18-,19?,20?. The van der Waals surface area contributed by atoms with Crippen molar-refractivity contribution in [1.82, 2.24) is 0 Å². The molecule has 0 aromatic heterocycles. The smallest absolute Gasteiger partial charge is 0.119 e. The molecule has 1 aromatic rings. The number of rotatable bonds is 5. The SMILES string of the molecule is CCOc1ccc(C2CCC([C@H]3CC[C@H](/C=C/Cl)CC3)CC2)cc1. The summed E-state index contributed by atoms with van der Waals surface area (Å²) < 4.78 is 5.56. The molecule has 2 saturated carbocycles. The fourth-order valence-electron chi connectivity index (χ4n) is 4.84. The third kappa shape index (κ3) is 4.57. The molecule has 0 bridgehead atoms. The number of hydrogen-bond donors (Lipinski definition) is 0.